The Morgan fingerprint density at radius 2 is 2.05 bits per heavy atom. The van der Waals surface area contributed by atoms with Gasteiger partial charge in [-0.3, -0.25) is 14.5 Å². The number of aromatic nitrogens is 1. The Bertz CT molecular complexity index is 465. The van der Waals surface area contributed by atoms with Crippen molar-refractivity contribution < 1.29 is 9.59 Å². The molecule has 0 saturated carbocycles. The standard InChI is InChI=1S/C14H23N3O2/c1-9(14(19)15-4)7-17(5)8-13(18)12-6-10(2)16-11(12)3/h6,9,16H,7-8H2,1-5H3,(H,15,19). The summed E-state index contributed by atoms with van der Waals surface area (Å²) in [5, 5.41) is 2.61. The van der Waals surface area contributed by atoms with E-state index in [1.807, 2.05) is 38.8 Å². The van der Waals surface area contributed by atoms with Crippen molar-refractivity contribution in [2.75, 3.05) is 27.2 Å². The molecule has 1 atom stereocenters. The number of carbonyl (C=O) groups excluding carboxylic acids is 2. The number of rotatable bonds is 6. The number of nitrogens with zero attached hydrogens (tertiary/aromatic N) is 1. The fourth-order valence-electron chi connectivity index (χ4n) is 2.21. The van der Waals surface area contributed by atoms with Gasteiger partial charge in [0.25, 0.3) is 0 Å². The van der Waals surface area contributed by atoms with Crippen LogP contribution in [-0.2, 0) is 4.79 Å². The first-order chi connectivity index (χ1) is 8.85. The highest BCUT2D eigenvalue weighted by atomic mass is 16.1. The topological polar surface area (TPSA) is 65.2 Å². The van der Waals surface area contributed by atoms with Crippen molar-refractivity contribution in [2.24, 2.45) is 5.92 Å². The molecule has 0 bridgehead atoms. The molecule has 1 rings (SSSR count). The van der Waals surface area contributed by atoms with E-state index in [9.17, 15) is 9.59 Å². The number of likely N-dealkylation sites (N-methyl/N-ethyl adjacent to an activating group) is 1. The number of nitrogens with one attached hydrogen (secondary N) is 2. The number of hydrogen-bond acceptors (Lipinski definition) is 3. The van der Waals surface area contributed by atoms with Crippen LogP contribution in [0.4, 0.5) is 0 Å². The van der Waals surface area contributed by atoms with Crippen molar-refractivity contribution in [1.29, 1.82) is 0 Å². The number of Topliss-reactive ketones (excluding diaryl/α,β-unsaturated/α-hetero) is 1. The second-order valence-corrected chi connectivity index (χ2v) is 5.13. The first-order valence-electron chi connectivity index (χ1n) is 6.44. The van der Waals surface area contributed by atoms with Crippen molar-refractivity contribution in [2.45, 2.75) is 20.8 Å². The van der Waals surface area contributed by atoms with E-state index in [1.54, 1.807) is 7.05 Å². The molecule has 0 aliphatic carbocycles. The third-order valence-electron chi connectivity index (χ3n) is 3.14. The molecule has 0 fully saturated rings. The normalized spacial score (nSPS) is 12.5. The zero-order valence-electron chi connectivity index (χ0n) is 12.3. The maximum absolute atomic E-state index is 12.1. The molecular weight excluding hydrogens is 242 g/mol. The van der Waals surface area contributed by atoms with E-state index in [1.165, 1.54) is 0 Å². The van der Waals surface area contributed by atoms with Crippen LogP contribution in [0.25, 0.3) is 0 Å². The number of aryl methyl sites for hydroxylation is 2. The summed E-state index contributed by atoms with van der Waals surface area (Å²) >= 11 is 0. The summed E-state index contributed by atoms with van der Waals surface area (Å²) in [6, 6.07) is 1.87. The Balaban J connectivity index is 2.57. The van der Waals surface area contributed by atoms with Gasteiger partial charge in [-0.05, 0) is 27.0 Å². The second kappa shape index (κ2) is 6.52. The lowest BCUT2D eigenvalue weighted by molar-refractivity contribution is -0.124. The number of carbonyl (C=O) groups is 2. The predicted molar refractivity (Wildman–Crippen MR) is 75.3 cm³/mol. The van der Waals surface area contributed by atoms with Crippen LogP contribution >= 0.6 is 0 Å². The SMILES string of the molecule is CNC(=O)C(C)CN(C)CC(=O)c1cc(C)[nH]c1C. The fourth-order valence-corrected chi connectivity index (χ4v) is 2.21. The minimum Gasteiger partial charge on any atom is -0.362 e. The molecule has 5 heteroatoms. The van der Waals surface area contributed by atoms with E-state index in [2.05, 4.69) is 10.3 Å². The lowest BCUT2D eigenvalue weighted by Gasteiger charge is -2.19. The Kier molecular flexibility index (Phi) is 5.30. The highest BCUT2D eigenvalue weighted by Gasteiger charge is 2.17. The first-order valence-corrected chi connectivity index (χ1v) is 6.44. The molecule has 0 aliphatic heterocycles. The van der Waals surface area contributed by atoms with Crippen molar-refractivity contribution in [3.8, 4) is 0 Å². The summed E-state index contributed by atoms with van der Waals surface area (Å²) in [5.74, 6) is -0.0571. The summed E-state index contributed by atoms with van der Waals surface area (Å²) in [6.07, 6.45) is 0. The van der Waals surface area contributed by atoms with Gasteiger partial charge in [-0.15, -0.1) is 0 Å². The lowest BCUT2D eigenvalue weighted by Crippen LogP contribution is -2.36. The Morgan fingerprint density at radius 1 is 1.42 bits per heavy atom. The maximum Gasteiger partial charge on any atom is 0.223 e. The van der Waals surface area contributed by atoms with Gasteiger partial charge in [0.05, 0.1) is 6.54 Å². The third kappa shape index (κ3) is 4.21. The zero-order chi connectivity index (χ0) is 14.6. The molecule has 19 heavy (non-hydrogen) atoms. The van der Waals surface area contributed by atoms with E-state index >= 15 is 0 Å². The highest BCUT2D eigenvalue weighted by molar-refractivity contribution is 5.98. The number of ketones is 1. The van der Waals surface area contributed by atoms with Crippen LogP contribution < -0.4 is 5.32 Å². The molecule has 5 nitrogen and oxygen atoms in total. The first kappa shape index (κ1) is 15.4. The maximum atomic E-state index is 12.1. The van der Waals surface area contributed by atoms with Crippen molar-refractivity contribution in [1.82, 2.24) is 15.2 Å². The number of H-pyrrole nitrogens is 1. The van der Waals surface area contributed by atoms with Gasteiger partial charge in [0.15, 0.2) is 5.78 Å². The predicted octanol–water partition coefficient (Wildman–Crippen LogP) is 1.13. The molecule has 0 saturated heterocycles. The average Bonchev–Trinajstić information content (AvgIpc) is 2.67. The summed E-state index contributed by atoms with van der Waals surface area (Å²) in [4.78, 5) is 28.6. The van der Waals surface area contributed by atoms with Crippen LogP contribution in [0.2, 0.25) is 0 Å². The lowest BCUT2D eigenvalue weighted by atomic mass is 10.1. The summed E-state index contributed by atoms with van der Waals surface area (Å²) in [6.45, 7) is 6.56. The van der Waals surface area contributed by atoms with Crippen molar-refractivity contribution in [3.05, 3.63) is 23.0 Å². The van der Waals surface area contributed by atoms with Crippen LogP contribution in [0.1, 0.15) is 28.7 Å². The second-order valence-electron chi connectivity index (χ2n) is 5.13. The zero-order valence-corrected chi connectivity index (χ0v) is 12.3. The van der Waals surface area contributed by atoms with Gasteiger partial charge in [-0.1, -0.05) is 6.92 Å². The Morgan fingerprint density at radius 3 is 2.53 bits per heavy atom. The molecule has 2 N–H and O–H groups in total. The number of hydrogen-bond donors (Lipinski definition) is 2. The van der Waals surface area contributed by atoms with Crippen LogP contribution in [0.5, 0.6) is 0 Å². The van der Waals surface area contributed by atoms with Crippen molar-refractivity contribution in [3.63, 3.8) is 0 Å². The van der Waals surface area contributed by atoms with Gasteiger partial charge in [0.1, 0.15) is 0 Å². The molecule has 1 aromatic rings. The molecule has 0 aromatic carbocycles. The Labute approximate surface area is 114 Å². The minimum absolute atomic E-state index is 0.00651. The van der Waals surface area contributed by atoms with Gasteiger partial charge >= 0.3 is 0 Å². The Hall–Kier alpha value is -1.62. The summed E-state index contributed by atoms with van der Waals surface area (Å²) in [7, 11) is 3.47. The van der Waals surface area contributed by atoms with Crippen molar-refractivity contribution >= 4 is 11.7 Å². The summed E-state index contributed by atoms with van der Waals surface area (Å²) in [5.41, 5.74) is 2.62. The van der Waals surface area contributed by atoms with E-state index in [0.717, 1.165) is 17.0 Å². The fraction of sp³-hybridized carbons (Fsp3) is 0.571. The van der Waals surface area contributed by atoms with E-state index in [4.69, 9.17) is 0 Å². The van der Waals surface area contributed by atoms with Gasteiger partial charge in [0, 0.05) is 36.5 Å². The monoisotopic (exact) mass is 265 g/mol. The molecule has 1 aromatic heterocycles. The van der Waals surface area contributed by atoms with Crippen LogP contribution in [0.15, 0.2) is 6.07 Å². The molecule has 0 radical (unpaired) electrons. The third-order valence-corrected chi connectivity index (χ3v) is 3.14. The van der Waals surface area contributed by atoms with Crippen LogP contribution in [0, 0.1) is 19.8 Å². The average molecular weight is 265 g/mol. The molecule has 0 aliphatic rings. The van der Waals surface area contributed by atoms with E-state index in [-0.39, 0.29) is 17.6 Å². The number of amides is 1. The summed E-state index contributed by atoms with van der Waals surface area (Å²) < 4.78 is 0. The number of aromatic amines is 1. The van der Waals surface area contributed by atoms with E-state index in [0.29, 0.717) is 13.1 Å². The molecule has 0 spiro atoms. The van der Waals surface area contributed by atoms with Gasteiger partial charge in [-0.25, -0.2) is 0 Å². The minimum atomic E-state index is -0.128. The molecule has 106 valence electrons. The van der Waals surface area contributed by atoms with Gasteiger partial charge in [-0.2, -0.15) is 0 Å². The van der Waals surface area contributed by atoms with Crippen LogP contribution in [-0.4, -0.2) is 48.8 Å². The molecule has 1 amide bonds. The van der Waals surface area contributed by atoms with E-state index < -0.39 is 0 Å². The smallest absolute Gasteiger partial charge is 0.223 e. The quantitative estimate of drug-likeness (QED) is 0.758. The van der Waals surface area contributed by atoms with Gasteiger partial charge < -0.3 is 10.3 Å². The largest absolute Gasteiger partial charge is 0.362 e. The highest BCUT2D eigenvalue weighted by Crippen LogP contribution is 2.11. The molecule has 1 heterocycles. The molecular formula is C14H23N3O2. The molecule has 1 unspecified atom stereocenters. The van der Waals surface area contributed by atoms with Crippen LogP contribution in [0.3, 0.4) is 0 Å². The van der Waals surface area contributed by atoms with Gasteiger partial charge in [0.2, 0.25) is 5.91 Å².